The topological polar surface area (TPSA) is 83.5 Å². The third kappa shape index (κ3) is 3.20. The minimum absolute atomic E-state index is 0.0233. The summed E-state index contributed by atoms with van der Waals surface area (Å²) < 4.78 is 12.2. The predicted molar refractivity (Wildman–Crippen MR) is 57.1 cm³/mol. The van der Waals surface area contributed by atoms with E-state index in [0.717, 1.165) is 0 Å². The van der Waals surface area contributed by atoms with Crippen molar-refractivity contribution in [3.63, 3.8) is 0 Å². The first-order chi connectivity index (χ1) is 7.54. The summed E-state index contributed by atoms with van der Waals surface area (Å²) in [5, 5.41) is 17.9. The molecule has 4 N–H and O–H groups in total. The van der Waals surface area contributed by atoms with Crippen molar-refractivity contribution >= 4 is 5.97 Å². The van der Waals surface area contributed by atoms with Gasteiger partial charge in [0.1, 0.15) is 11.8 Å². The number of benzene rings is 1. The Hall–Kier alpha value is -1.62. The molecule has 0 amide bonds. The monoisotopic (exact) mass is 227 g/mol. The molecule has 0 bridgehead atoms. The fourth-order valence-corrected chi connectivity index (χ4v) is 1.47. The third-order valence-corrected chi connectivity index (χ3v) is 2.31. The van der Waals surface area contributed by atoms with Crippen molar-refractivity contribution in [2.45, 2.75) is 18.9 Å². The van der Waals surface area contributed by atoms with Gasteiger partial charge in [0, 0.05) is 6.42 Å². The van der Waals surface area contributed by atoms with Crippen LogP contribution in [0.4, 0.5) is 4.39 Å². The summed E-state index contributed by atoms with van der Waals surface area (Å²) >= 11 is 0. The number of carboxylic acids is 1. The van der Waals surface area contributed by atoms with E-state index in [0.29, 0.717) is 11.1 Å². The van der Waals surface area contributed by atoms with Gasteiger partial charge in [-0.15, -0.1) is 0 Å². The minimum Gasteiger partial charge on any atom is -0.508 e. The standard InChI is InChI=1S/C11H14FNO3/c12-4-3-7-1-2-9(14)5-8(7)6-10(13)11(15)16/h1-2,5,10,14H,3-4,6,13H2,(H,15,16). The van der Waals surface area contributed by atoms with E-state index in [-0.39, 0.29) is 18.6 Å². The lowest BCUT2D eigenvalue weighted by Crippen LogP contribution is -2.32. The number of phenols is 1. The van der Waals surface area contributed by atoms with Crippen molar-refractivity contribution in [2.24, 2.45) is 5.73 Å². The van der Waals surface area contributed by atoms with Crippen LogP contribution in [0.25, 0.3) is 0 Å². The van der Waals surface area contributed by atoms with Crippen molar-refractivity contribution < 1.29 is 19.4 Å². The molecule has 0 aliphatic heterocycles. The van der Waals surface area contributed by atoms with Gasteiger partial charge in [-0.2, -0.15) is 0 Å². The molecular weight excluding hydrogens is 213 g/mol. The number of aromatic hydroxyl groups is 1. The van der Waals surface area contributed by atoms with Gasteiger partial charge in [-0.25, -0.2) is 0 Å². The number of nitrogens with two attached hydrogens (primary N) is 1. The van der Waals surface area contributed by atoms with E-state index < -0.39 is 18.7 Å². The maximum atomic E-state index is 12.2. The van der Waals surface area contributed by atoms with Crippen LogP contribution in [-0.2, 0) is 17.6 Å². The van der Waals surface area contributed by atoms with Crippen LogP contribution in [0.2, 0.25) is 0 Å². The first kappa shape index (κ1) is 12.4. The Morgan fingerprint density at radius 3 is 2.69 bits per heavy atom. The summed E-state index contributed by atoms with van der Waals surface area (Å²) in [4.78, 5) is 10.6. The predicted octanol–water partition coefficient (Wildman–Crippen LogP) is 0.859. The molecule has 0 heterocycles. The highest BCUT2D eigenvalue weighted by Gasteiger charge is 2.14. The zero-order chi connectivity index (χ0) is 12.1. The van der Waals surface area contributed by atoms with Gasteiger partial charge in [-0.1, -0.05) is 6.07 Å². The lowest BCUT2D eigenvalue weighted by atomic mass is 9.98. The number of hydrogen-bond donors (Lipinski definition) is 3. The van der Waals surface area contributed by atoms with Crippen molar-refractivity contribution in [1.29, 1.82) is 0 Å². The zero-order valence-electron chi connectivity index (χ0n) is 8.69. The van der Waals surface area contributed by atoms with E-state index in [9.17, 15) is 14.3 Å². The van der Waals surface area contributed by atoms with E-state index >= 15 is 0 Å². The van der Waals surface area contributed by atoms with Crippen molar-refractivity contribution in [1.82, 2.24) is 0 Å². The lowest BCUT2D eigenvalue weighted by molar-refractivity contribution is -0.138. The number of carbonyl (C=O) groups is 1. The molecule has 5 heteroatoms. The smallest absolute Gasteiger partial charge is 0.320 e. The quantitative estimate of drug-likeness (QED) is 0.696. The van der Waals surface area contributed by atoms with E-state index in [4.69, 9.17) is 10.8 Å². The highest BCUT2D eigenvalue weighted by molar-refractivity contribution is 5.73. The number of aliphatic carboxylic acids is 1. The molecular formula is C11H14FNO3. The third-order valence-electron chi connectivity index (χ3n) is 2.31. The van der Waals surface area contributed by atoms with E-state index in [1.54, 1.807) is 6.07 Å². The zero-order valence-corrected chi connectivity index (χ0v) is 8.69. The summed E-state index contributed by atoms with van der Waals surface area (Å²) in [6.07, 6.45) is 0.279. The second kappa shape index (κ2) is 5.46. The molecule has 0 saturated carbocycles. The van der Waals surface area contributed by atoms with Crippen LogP contribution in [0.1, 0.15) is 11.1 Å². The fourth-order valence-electron chi connectivity index (χ4n) is 1.47. The molecule has 16 heavy (non-hydrogen) atoms. The number of aryl methyl sites for hydroxylation is 1. The molecule has 0 aromatic heterocycles. The van der Waals surface area contributed by atoms with Crippen molar-refractivity contribution in [3.05, 3.63) is 29.3 Å². The number of rotatable bonds is 5. The molecule has 0 aliphatic rings. The molecule has 1 rings (SSSR count). The van der Waals surface area contributed by atoms with Gasteiger partial charge in [0.25, 0.3) is 0 Å². The maximum absolute atomic E-state index is 12.2. The number of phenolic OH excluding ortho intramolecular Hbond substituents is 1. The summed E-state index contributed by atoms with van der Waals surface area (Å²) in [5.74, 6) is -1.09. The van der Waals surface area contributed by atoms with Gasteiger partial charge in [-0.3, -0.25) is 9.18 Å². The Bertz CT molecular complexity index is 381. The molecule has 0 spiro atoms. The molecule has 0 radical (unpaired) electrons. The van der Waals surface area contributed by atoms with Crippen LogP contribution >= 0.6 is 0 Å². The summed E-state index contributed by atoms with van der Waals surface area (Å²) in [6.45, 7) is -0.528. The van der Waals surface area contributed by atoms with Crippen molar-refractivity contribution in [2.75, 3.05) is 6.67 Å². The fraction of sp³-hybridized carbons (Fsp3) is 0.364. The molecule has 1 unspecified atom stereocenters. The molecule has 4 nitrogen and oxygen atoms in total. The SMILES string of the molecule is NC(Cc1cc(O)ccc1CCF)C(=O)O. The van der Waals surface area contributed by atoms with Crippen LogP contribution in [0.15, 0.2) is 18.2 Å². The second-order valence-electron chi connectivity index (χ2n) is 3.54. The largest absolute Gasteiger partial charge is 0.508 e. The Balaban J connectivity index is 2.91. The first-order valence-corrected chi connectivity index (χ1v) is 4.89. The van der Waals surface area contributed by atoms with Crippen LogP contribution < -0.4 is 5.73 Å². The highest BCUT2D eigenvalue weighted by Crippen LogP contribution is 2.18. The summed E-state index contributed by atoms with van der Waals surface area (Å²) in [7, 11) is 0. The molecule has 1 aromatic rings. The van der Waals surface area contributed by atoms with Gasteiger partial charge in [0.15, 0.2) is 0 Å². The number of carboxylic acid groups (broad SMARTS) is 1. The molecule has 0 saturated heterocycles. The first-order valence-electron chi connectivity index (χ1n) is 4.89. The van der Waals surface area contributed by atoms with Gasteiger partial charge < -0.3 is 15.9 Å². The molecule has 0 aliphatic carbocycles. The Morgan fingerprint density at radius 2 is 2.12 bits per heavy atom. The van der Waals surface area contributed by atoms with Crippen LogP contribution in [0.3, 0.4) is 0 Å². The van der Waals surface area contributed by atoms with Gasteiger partial charge >= 0.3 is 5.97 Å². The molecule has 88 valence electrons. The number of halogens is 1. The maximum Gasteiger partial charge on any atom is 0.320 e. The van der Waals surface area contributed by atoms with Crippen LogP contribution in [0, 0.1) is 0 Å². The average molecular weight is 227 g/mol. The molecule has 1 atom stereocenters. The minimum atomic E-state index is -1.12. The van der Waals surface area contributed by atoms with Crippen LogP contribution in [-0.4, -0.2) is 28.9 Å². The van der Waals surface area contributed by atoms with Gasteiger partial charge in [-0.05, 0) is 29.7 Å². The van der Waals surface area contributed by atoms with Crippen LogP contribution in [0.5, 0.6) is 5.75 Å². The summed E-state index contributed by atoms with van der Waals surface area (Å²) in [5.41, 5.74) is 6.64. The second-order valence-corrected chi connectivity index (χ2v) is 3.54. The number of alkyl halides is 1. The van der Waals surface area contributed by atoms with Gasteiger partial charge in [0.05, 0.1) is 6.67 Å². The highest BCUT2D eigenvalue weighted by atomic mass is 19.1. The summed E-state index contributed by atoms with van der Waals surface area (Å²) in [6, 6.07) is 3.41. The molecule has 0 fully saturated rings. The Kier molecular flexibility index (Phi) is 4.25. The lowest BCUT2D eigenvalue weighted by Gasteiger charge is -2.11. The Morgan fingerprint density at radius 1 is 1.44 bits per heavy atom. The normalized spacial score (nSPS) is 12.4. The average Bonchev–Trinajstić information content (AvgIpc) is 2.22. The number of hydrogen-bond acceptors (Lipinski definition) is 3. The van der Waals surface area contributed by atoms with Gasteiger partial charge in [0.2, 0.25) is 0 Å². The van der Waals surface area contributed by atoms with Crippen molar-refractivity contribution in [3.8, 4) is 5.75 Å². The Labute approximate surface area is 92.5 Å². The molecule has 1 aromatic carbocycles. The van der Waals surface area contributed by atoms with E-state index in [1.165, 1.54) is 12.1 Å². The van der Waals surface area contributed by atoms with E-state index in [2.05, 4.69) is 0 Å². The van der Waals surface area contributed by atoms with E-state index in [1.807, 2.05) is 0 Å².